The Kier molecular flexibility index (Phi) is 7.33. The van der Waals surface area contributed by atoms with Gasteiger partial charge in [0.05, 0.1) is 24.2 Å². The molecular weight excluding hydrogens is 452 g/mol. The molecular formula is C24H30N6O5. The lowest BCUT2D eigenvalue weighted by atomic mass is 9.81. The average molecular weight is 483 g/mol. The van der Waals surface area contributed by atoms with Crippen LogP contribution < -0.4 is 10.6 Å². The number of anilines is 1. The highest BCUT2D eigenvalue weighted by atomic mass is 16.6. The number of hydrogen-bond donors (Lipinski definition) is 2. The largest absolute Gasteiger partial charge is 0.445 e. The van der Waals surface area contributed by atoms with Gasteiger partial charge in [0, 0.05) is 42.9 Å². The van der Waals surface area contributed by atoms with E-state index < -0.39 is 11.0 Å². The summed E-state index contributed by atoms with van der Waals surface area (Å²) in [4.78, 5) is 37.4. The van der Waals surface area contributed by atoms with Gasteiger partial charge in [-0.2, -0.15) is 5.10 Å². The Hall–Kier alpha value is -3.89. The van der Waals surface area contributed by atoms with Crippen LogP contribution >= 0.6 is 0 Å². The van der Waals surface area contributed by atoms with Crippen LogP contribution in [0.15, 0.2) is 42.7 Å². The number of carbonyl (C=O) groups is 2. The summed E-state index contributed by atoms with van der Waals surface area (Å²) in [7, 11) is 1.86. The monoisotopic (exact) mass is 482 g/mol. The summed E-state index contributed by atoms with van der Waals surface area (Å²) in [5, 5.41) is 21.0. The van der Waals surface area contributed by atoms with Crippen LogP contribution in [0.3, 0.4) is 0 Å². The first kappa shape index (κ1) is 24.2. The molecule has 2 aliphatic rings. The van der Waals surface area contributed by atoms with Crippen molar-refractivity contribution in [2.24, 2.45) is 18.9 Å². The summed E-state index contributed by atoms with van der Waals surface area (Å²) in [6.07, 6.45) is 4.52. The molecule has 1 aromatic heterocycles. The van der Waals surface area contributed by atoms with E-state index in [4.69, 9.17) is 4.74 Å². The minimum absolute atomic E-state index is 0.00782. The summed E-state index contributed by atoms with van der Waals surface area (Å²) >= 11 is 0. The van der Waals surface area contributed by atoms with Gasteiger partial charge in [0.1, 0.15) is 12.4 Å². The number of nitrogens with one attached hydrogen (secondary N) is 2. The second-order valence-corrected chi connectivity index (χ2v) is 9.16. The zero-order valence-corrected chi connectivity index (χ0v) is 19.7. The lowest BCUT2D eigenvalue weighted by Crippen LogP contribution is -2.39. The first-order chi connectivity index (χ1) is 16.8. The standard InChI is InChI=1S/C24H30N6O5/c1-16-13-29(14-20-12-26-28(2)22(20)27-16)23(31)19-7-3-17(4-8-19)11-25-24(32)35-15-18-5-9-21(10-6-18)30(33)34/h5-6,9-10,12,17,19,27H,1,3-4,7-8,11,13-15H2,2H3,(H,25,32). The molecule has 0 bridgehead atoms. The number of amides is 2. The predicted molar refractivity (Wildman–Crippen MR) is 128 cm³/mol. The minimum atomic E-state index is -0.524. The number of nitro groups is 1. The van der Waals surface area contributed by atoms with Crippen molar-refractivity contribution in [1.82, 2.24) is 20.0 Å². The SMILES string of the molecule is C=C1CN(C(=O)C2CCC(CNC(=O)OCc3ccc([N+](=O)[O-])cc3)CC2)Cc2cnn(C)c2N1. The Bertz CT molecular complexity index is 1100. The van der Waals surface area contributed by atoms with Crippen molar-refractivity contribution in [3.05, 3.63) is 64.0 Å². The molecule has 0 saturated heterocycles. The number of carbonyl (C=O) groups excluding carboxylic acids is 2. The van der Waals surface area contributed by atoms with Crippen LogP contribution in [-0.4, -0.2) is 44.7 Å². The summed E-state index contributed by atoms with van der Waals surface area (Å²) in [6.45, 7) is 5.55. The Morgan fingerprint density at radius 1 is 1.23 bits per heavy atom. The van der Waals surface area contributed by atoms with Gasteiger partial charge >= 0.3 is 6.09 Å². The van der Waals surface area contributed by atoms with E-state index in [1.807, 2.05) is 11.9 Å². The molecule has 35 heavy (non-hydrogen) atoms. The van der Waals surface area contributed by atoms with Crippen LogP contribution in [0, 0.1) is 22.0 Å². The Labute approximate surface area is 203 Å². The van der Waals surface area contributed by atoms with Gasteiger partial charge in [0.25, 0.3) is 5.69 Å². The van der Waals surface area contributed by atoms with Crippen LogP contribution in [0.2, 0.25) is 0 Å². The second kappa shape index (κ2) is 10.6. The maximum absolute atomic E-state index is 13.2. The average Bonchev–Trinajstić information content (AvgIpc) is 3.09. The molecule has 4 rings (SSSR count). The number of rotatable bonds is 6. The van der Waals surface area contributed by atoms with Gasteiger partial charge in [-0.25, -0.2) is 4.79 Å². The molecule has 2 aromatic rings. The van der Waals surface area contributed by atoms with Crippen molar-refractivity contribution in [3.8, 4) is 0 Å². The lowest BCUT2D eigenvalue weighted by molar-refractivity contribution is -0.384. The molecule has 1 fully saturated rings. The number of ether oxygens (including phenoxy) is 1. The number of non-ortho nitro benzene ring substituents is 1. The van der Waals surface area contributed by atoms with Crippen molar-refractivity contribution in [2.75, 3.05) is 18.4 Å². The third kappa shape index (κ3) is 5.97. The fourth-order valence-corrected chi connectivity index (χ4v) is 4.63. The molecule has 1 aliphatic heterocycles. The highest BCUT2D eigenvalue weighted by Crippen LogP contribution is 2.31. The predicted octanol–water partition coefficient (Wildman–Crippen LogP) is 3.33. The number of nitrogens with zero attached hydrogens (tertiary/aromatic N) is 4. The molecule has 0 spiro atoms. The molecule has 11 heteroatoms. The number of nitro benzene ring substituents is 1. The van der Waals surface area contributed by atoms with Crippen molar-refractivity contribution in [3.63, 3.8) is 0 Å². The molecule has 0 atom stereocenters. The first-order valence-electron chi connectivity index (χ1n) is 11.7. The molecule has 2 heterocycles. The van der Waals surface area contributed by atoms with Gasteiger partial charge in [0.2, 0.25) is 5.91 Å². The Morgan fingerprint density at radius 3 is 2.63 bits per heavy atom. The normalized spacial score (nSPS) is 19.8. The molecule has 2 amide bonds. The van der Waals surface area contributed by atoms with Gasteiger partial charge in [0.15, 0.2) is 0 Å². The van der Waals surface area contributed by atoms with E-state index >= 15 is 0 Å². The molecule has 0 unspecified atom stereocenters. The van der Waals surface area contributed by atoms with Crippen LogP contribution in [0.5, 0.6) is 0 Å². The summed E-state index contributed by atoms with van der Waals surface area (Å²) in [5.41, 5.74) is 2.41. The maximum atomic E-state index is 13.2. The van der Waals surface area contributed by atoms with Crippen LogP contribution in [0.4, 0.5) is 16.3 Å². The number of alkyl carbamates (subject to hydrolysis) is 1. The zero-order valence-electron chi connectivity index (χ0n) is 19.7. The quantitative estimate of drug-likeness (QED) is 0.477. The molecule has 186 valence electrons. The fraction of sp³-hybridized carbons (Fsp3) is 0.458. The third-order valence-corrected chi connectivity index (χ3v) is 6.61. The van der Waals surface area contributed by atoms with Crippen molar-refractivity contribution in [1.29, 1.82) is 0 Å². The molecule has 1 aromatic carbocycles. The van der Waals surface area contributed by atoms with Gasteiger partial charge in [-0.1, -0.05) is 6.58 Å². The number of aryl methyl sites for hydroxylation is 1. The van der Waals surface area contributed by atoms with E-state index in [2.05, 4.69) is 22.3 Å². The number of fused-ring (bicyclic) bond motifs is 1. The van der Waals surface area contributed by atoms with Crippen LogP contribution in [0.25, 0.3) is 0 Å². The van der Waals surface area contributed by atoms with Gasteiger partial charge in [-0.05, 0) is 49.3 Å². The van der Waals surface area contributed by atoms with Gasteiger partial charge < -0.3 is 20.3 Å². The van der Waals surface area contributed by atoms with E-state index in [0.717, 1.165) is 42.8 Å². The van der Waals surface area contributed by atoms with E-state index in [1.54, 1.807) is 23.0 Å². The molecule has 0 radical (unpaired) electrons. The highest BCUT2D eigenvalue weighted by Gasteiger charge is 2.31. The molecule has 2 N–H and O–H groups in total. The molecule has 1 saturated carbocycles. The summed E-state index contributed by atoms with van der Waals surface area (Å²) in [6, 6.07) is 5.89. The van der Waals surface area contributed by atoms with E-state index in [9.17, 15) is 19.7 Å². The number of benzene rings is 1. The number of aromatic nitrogens is 2. The van der Waals surface area contributed by atoms with Crippen LogP contribution in [-0.2, 0) is 29.7 Å². The summed E-state index contributed by atoms with van der Waals surface area (Å²) < 4.78 is 6.96. The van der Waals surface area contributed by atoms with Crippen molar-refractivity contribution in [2.45, 2.75) is 38.8 Å². The van der Waals surface area contributed by atoms with Crippen molar-refractivity contribution >= 4 is 23.5 Å². The minimum Gasteiger partial charge on any atom is -0.445 e. The number of hydrogen-bond acceptors (Lipinski definition) is 7. The van der Waals surface area contributed by atoms with Gasteiger partial charge in [-0.15, -0.1) is 0 Å². The fourth-order valence-electron chi connectivity index (χ4n) is 4.63. The van der Waals surface area contributed by atoms with Crippen molar-refractivity contribution < 1.29 is 19.2 Å². The van der Waals surface area contributed by atoms with E-state index in [-0.39, 0.29) is 30.0 Å². The topological polar surface area (TPSA) is 132 Å². The highest BCUT2D eigenvalue weighted by molar-refractivity contribution is 5.80. The molecule has 11 nitrogen and oxygen atoms in total. The van der Waals surface area contributed by atoms with Crippen LogP contribution in [0.1, 0.15) is 36.8 Å². The Morgan fingerprint density at radius 2 is 1.94 bits per heavy atom. The lowest BCUT2D eigenvalue weighted by Gasteiger charge is -2.31. The molecule has 1 aliphatic carbocycles. The van der Waals surface area contributed by atoms with E-state index in [0.29, 0.717) is 25.2 Å². The summed E-state index contributed by atoms with van der Waals surface area (Å²) in [5.74, 6) is 1.27. The zero-order chi connectivity index (χ0) is 24.9. The van der Waals surface area contributed by atoms with Gasteiger partial charge in [-0.3, -0.25) is 19.6 Å². The first-order valence-corrected chi connectivity index (χ1v) is 11.7. The smallest absolute Gasteiger partial charge is 0.407 e. The second-order valence-electron chi connectivity index (χ2n) is 9.16. The Balaban J connectivity index is 1.19. The van der Waals surface area contributed by atoms with E-state index in [1.165, 1.54) is 12.1 Å². The third-order valence-electron chi connectivity index (χ3n) is 6.61. The maximum Gasteiger partial charge on any atom is 0.407 e.